The summed E-state index contributed by atoms with van der Waals surface area (Å²) >= 11 is 1.33. The molecular weight excluding hydrogens is 250 g/mol. The van der Waals surface area contributed by atoms with Crippen LogP contribution in [-0.4, -0.2) is 41.0 Å². The number of ether oxygens (including phenoxy) is 1. The summed E-state index contributed by atoms with van der Waals surface area (Å²) in [5, 5.41) is 18.3. The molecule has 0 aliphatic carbocycles. The summed E-state index contributed by atoms with van der Waals surface area (Å²) in [6, 6.07) is 7.58. The molecule has 96 valence electrons. The number of nitrogens with zero attached hydrogens (tertiary/aromatic N) is 2. The van der Waals surface area contributed by atoms with Crippen molar-refractivity contribution in [3.8, 4) is 17.0 Å². The summed E-state index contributed by atoms with van der Waals surface area (Å²) < 4.78 is 9.29. The molecule has 6 heteroatoms. The van der Waals surface area contributed by atoms with E-state index < -0.39 is 6.10 Å². The lowest BCUT2D eigenvalue weighted by Gasteiger charge is -2.11. The van der Waals surface area contributed by atoms with Crippen LogP contribution in [0.2, 0.25) is 0 Å². The minimum Gasteiger partial charge on any atom is -0.491 e. The zero-order chi connectivity index (χ0) is 12.8. The van der Waals surface area contributed by atoms with Crippen LogP contribution >= 0.6 is 11.5 Å². The molecule has 1 atom stereocenters. The molecule has 0 aliphatic rings. The average molecular weight is 265 g/mol. The largest absolute Gasteiger partial charge is 0.491 e. The van der Waals surface area contributed by atoms with E-state index in [1.165, 1.54) is 11.5 Å². The third-order valence-corrected chi connectivity index (χ3v) is 2.90. The van der Waals surface area contributed by atoms with E-state index in [4.69, 9.17) is 4.74 Å². The first-order valence-corrected chi connectivity index (χ1v) is 6.46. The van der Waals surface area contributed by atoms with E-state index in [-0.39, 0.29) is 6.61 Å². The summed E-state index contributed by atoms with van der Waals surface area (Å²) in [6.07, 6.45) is -0.502. The van der Waals surface area contributed by atoms with E-state index in [1.807, 2.05) is 29.6 Å². The summed E-state index contributed by atoms with van der Waals surface area (Å²) in [4.78, 5) is 0. The summed E-state index contributed by atoms with van der Waals surface area (Å²) in [5.41, 5.74) is 1.87. The number of aliphatic hydroxyl groups excluding tert-OH is 1. The van der Waals surface area contributed by atoms with Crippen LogP contribution in [0.3, 0.4) is 0 Å². The first-order chi connectivity index (χ1) is 8.79. The van der Waals surface area contributed by atoms with Gasteiger partial charge >= 0.3 is 0 Å². The van der Waals surface area contributed by atoms with Gasteiger partial charge in [0.25, 0.3) is 0 Å². The van der Waals surface area contributed by atoms with Crippen molar-refractivity contribution in [2.45, 2.75) is 6.10 Å². The molecule has 0 saturated heterocycles. The summed E-state index contributed by atoms with van der Waals surface area (Å²) in [6.45, 7) is 0.793. The zero-order valence-electron chi connectivity index (χ0n) is 10.0. The number of benzene rings is 1. The molecule has 1 aromatic carbocycles. The van der Waals surface area contributed by atoms with Gasteiger partial charge in [0.05, 0.1) is 0 Å². The Morgan fingerprint density at radius 2 is 2.17 bits per heavy atom. The van der Waals surface area contributed by atoms with Crippen molar-refractivity contribution in [1.29, 1.82) is 0 Å². The van der Waals surface area contributed by atoms with Crippen LogP contribution in [-0.2, 0) is 0 Å². The highest BCUT2D eigenvalue weighted by Gasteiger charge is 2.04. The Bertz CT molecular complexity index is 459. The van der Waals surface area contributed by atoms with Crippen molar-refractivity contribution < 1.29 is 9.84 Å². The minimum absolute atomic E-state index is 0.276. The maximum absolute atomic E-state index is 9.51. The second-order valence-corrected chi connectivity index (χ2v) is 4.45. The molecule has 0 amide bonds. The molecule has 0 saturated carbocycles. The fraction of sp³-hybridized carbons (Fsp3) is 0.333. The normalized spacial score (nSPS) is 12.3. The van der Waals surface area contributed by atoms with Gasteiger partial charge in [-0.1, -0.05) is 4.49 Å². The van der Waals surface area contributed by atoms with Gasteiger partial charge in [-0.3, -0.25) is 0 Å². The van der Waals surface area contributed by atoms with Crippen LogP contribution in [0, 0.1) is 0 Å². The SMILES string of the molecule is CNCC(O)COc1ccc(-c2csnn2)cc1. The molecule has 0 aliphatic heterocycles. The van der Waals surface area contributed by atoms with Crippen LogP contribution in [0.4, 0.5) is 0 Å². The standard InChI is InChI=1S/C12H15N3O2S/c1-13-6-10(16)7-17-11-4-2-9(3-5-11)12-8-18-15-14-12/h2-5,8,10,13,16H,6-7H2,1H3. The van der Waals surface area contributed by atoms with Gasteiger partial charge in [-0.05, 0) is 42.8 Å². The van der Waals surface area contributed by atoms with Crippen molar-refractivity contribution in [3.05, 3.63) is 29.6 Å². The Balaban J connectivity index is 1.92. The highest BCUT2D eigenvalue weighted by Crippen LogP contribution is 2.21. The van der Waals surface area contributed by atoms with Crippen LogP contribution in [0.5, 0.6) is 5.75 Å². The van der Waals surface area contributed by atoms with Crippen molar-refractivity contribution >= 4 is 11.5 Å². The number of aromatic nitrogens is 2. The molecule has 2 rings (SSSR count). The number of aliphatic hydroxyl groups is 1. The first kappa shape index (κ1) is 12.9. The van der Waals surface area contributed by atoms with E-state index in [0.29, 0.717) is 6.54 Å². The van der Waals surface area contributed by atoms with Crippen LogP contribution < -0.4 is 10.1 Å². The van der Waals surface area contributed by atoms with Gasteiger partial charge in [0.2, 0.25) is 0 Å². The fourth-order valence-electron chi connectivity index (χ4n) is 1.50. The predicted molar refractivity (Wildman–Crippen MR) is 70.8 cm³/mol. The number of hydrogen-bond acceptors (Lipinski definition) is 6. The van der Waals surface area contributed by atoms with Gasteiger partial charge in [0.15, 0.2) is 0 Å². The molecule has 0 radical (unpaired) electrons. The van der Waals surface area contributed by atoms with Gasteiger partial charge in [-0.15, -0.1) is 5.10 Å². The Morgan fingerprint density at radius 1 is 1.39 bits per heavy atom. The Kier molecular flexibility index (Phi) is 4.63. The molecule has 5 nitrogen and oxygen atoms in total. The predicted octanol–water partition coefficient (Wildman–Crippen LogP) is 1.16. The highest BCUT2D eigenvalue weighted by atomic mass is 32.1. The second kappa shape index (κ2) is 6.44. The lowest BCUT2D eigenvalue weighted by atomic mass is 10.2. The Labute approximate surface area is 110 Å². The number of nitrogens with one attached hydrogen (secondary N) is 1. The van der Waals surface area contributed by atoms with E-state index in [1.54, 1.807) is 7.05 Å². The van der Waals surface area contributed by atoms with Gasteiger partial charge in [0.1, 0.15) is 24.2 Å². The van der Waals surface area contributed by atoms with Crippen molar-refractivity contribution in [2.24, 2.45) is 0 Å². The van der Waals surface area contributed by atoms with Crippen molar-refractivity contribution in [1.82, 2.24) is 14.9 Å². The van der Waals surface area contributed by atoms with Crippen LogP contribution in [0.25, 0.3) is 11.3 Å². The molecule has 0 bridgehead atoms. The maximum Gasteiger partial charge on any atom is 0.119 e. The molecule has 1 unspecified atom stereocenters. The molecular formula is C12H15N3O2S. The average Bonchev–Trinajstić information content (AvgIpc) is 2.91. The van der Waals surface area contributed by atoms with Gasteiger partial charge in [-0.2, -0.15) is 0 Å². The van der Waals surface area contributed by atoms with Gasteiger partial charge in [0, 0.05) is 17.5 Å². The smallest absolute Gasteiger partial charge is 0.119 e. The number of hydrogen-bond donors (Lipinski definition) is 2. The lowest BCUT2D eigenvalue weighted by molar-refractivity contribution is 0.108. The van der Waals surface area contributed by atoms with Crippen LogP contribution in [0.15, 0.2) is 29.6 Å². The summed E-state index contributed by atoms with van der Waals surface area (Å²) in [5.74, 6) is 0.733. The van der Waals surface area contributed by atoms with E-state index >= 15 is 0 Å². The molecule has 1 heterocycles. The Hall–Kier alpha value is -1.50. The third kappa shape index (κ3) is 3.49. The molecule has 2 aromatic rings. The van der Waals surface area contributed by atoms with E-state index in [0.717, 1.165) is 17.0 Å². The quantitative estimate of drug-likeness (QED) is 0.820. The van der Waals surface area contributed by atoms with Gasteiger partial charge in [-0.25, -0.2) is 0 Å². The van der Waals surface area contributed by atoms with E-state index in [2.05, 4.69) is 14.9 Å². The van der Waals surface area contributed by atoms with Crippen molar-refractivity contribution in [3.63, 3.8) is 0 Å². The molecule has 18 heavy (non-hydrogen) atoms. The van der Waals surface area contributed by atoms with Crippen LogP contribution in [0.1, 0.15) is 0 Å². The lowest BCUT2D eigenvalue weighted by Crippen LogP contribution is -2.29. The highest BCUT2D eigenvalue weighted by molar-refractivity contribution is 7.03. The third-order valence-electron chi connectivity index (χ3n) is 2.39. The second-order valence-electron chi connectivity index (χ2n) is 3.84. The number of likely N-dealkylation sites (N-methyl/N-ethyl adjacent to an activating group) is 1. The minimum atomic E-state index is -0.502. The maximum atomic E-state index is 9.51. The fourth-order valence-corrected chi connectivity index (χ4v) is 1.96. The Morgan fingerprint density at radius 3 is 2.78 bits per heavy atom. The monoisotopic (exact) mass is 265 g/mol. The van der Waals surface area contributed by atoms with E-state index in [9.17, 15) is 5.11 Å². The summed E-state index contributed by atoms with van der Waals surface area (Å²) in [7, 11) is 1.79. The van der Waals surface area contributed by atoms with Crippen molar-refractivity contribution in [2.75, 3.05) is 20.2 Å². The molecule has 2 N–H and O–H groups in total. The topological polar surface area (TPSA) is 67.3 Å². The first-order valence-electron chi connectivity index (χ1n) is 5.62. The zero-order valence-corrected chi connectivity index (χ0v) is 10.9. The molecule has 0 fully saturated rings. The number of rotatable bonds is 6. The molecule has 0 spiro atoms. The molecule has 1 aromatic heterocycles. The van der Waals surface area contributed by atoms with Gasteiger partial charge < -0.3 is 15.2 Å².